The third kappa shape index (κ3) is 5.72. The SMILES string of the molecule is CC(C)CC(=O)Oc1cc(-c2ncc3c(N4CC5CCC(C4)N5)nc(OC[C@@]45CCCN4C[C@H](F)C5)nc3c2F)c2cc(F)ccc2c1. The van der Waals surface area contributed by atoms with E-state index in [9.17, 15) is 13.6 Å². The number of anilines is 1. The van der Waals surface area contributed by atoms with Gasteiger partial charge in [-0.25, -0.2) is 13.2 Å². The average Bonchev–Trinajstić information content (AvgIpc) is 3.69. The number of aromatic nitrogens is 3. The number of rotatable bonds is 8. The Hall–Kier alpha value is -4.03. The molecule has 4 atom stereocenters. The van der Waals surface area contributed by atoms with E-state index in [-0.39, 0.29) is 47.5 Å². The molecule has 0 saturated carbocycles. The molecule has 0 radical (unpaired) electrons. The summed E-state index contributed by atoms with van der Waals surface area (Å²) in [5, 5.41) is 5.04. The Morgan fingerprint density at radius 2 is 1.90 bits per heavy atom. The number of esters is 1. The number of hydrogen-bond acceptors (Lipinski definition) is 9. The first-order valence-electron chi connectivity index (χ1n) is 17.0. The Bertz CT molecular complexity index is 1900. The van der Waals surface area contributed by atoms with Crippen molar-refractivity contribution in [3.05, 3.63) is 48.2 Å². The molecule has 4 aromatic rings. The fourth-order valence-corrected chi connectivity index (χ4v) is 8.20. The molecule has 2 bridgehead atoms. The van der Waals surface area contributed by atoms with E-state index in [1.807, 2.05) is 13.8 Å². The van der Waals surface area contributed by atoms with E-state index in [1.165, 1.54) is 18.2 Å². The van der Waals surface area contributed by atoms with Gasteiger partial charge in [-0.05, 0) is 73.2 Å². The highest BCUT2D eigenvalue weighted by atomic mass is 19.1. The van der Waals surface area contributed by atoms with Crippen molar-refractivity contribution < 1.29 is 27.4 Å². The van der Waals surface area contributed by atoms with Crippen LogP contribution >= 0.6 is 0 Å². The van der Waals surface area contributed by atoms with Crippen LogP contribution in [0.5, 0.6) is 11.8 Å². The minimum atomic E-state index is -0.913. The molecule has 4 aliphatic heterocycles. The van der Waals surface area contributed by atoms with Crippen molar-refractivity contribution in [2.45, 2.75) is 76.2 Å². The molecule has 48 heavy (non-hydrogen) atoms. The fraction of sp³-hybridized carbons (Fsp3) is 0.500. The van der Waals surface area contributed by atoms with Crippen LogP contribution in [-0.2, 0) is 4.79 Å². The number of alkyl halides is 1. The maximum absolute atomic E-state index is 16.9. The number of pyridine rings is 1. The van der Waals surface area contributed by atoms with E-state index in [2.05, 4.69) is 25.1 Å². The van der Waals surface area contributed by atoms with Gasteiger partial charge in [0.05, 0.1) is 10.9 Å². The predicted molar refractivity (Wildman–Crippen MR) is 176 cm³/mol. The van der Waals surface area contributed by atoms with Crippen LogP contribution in [0.15, 0.2) is 36.5 Å². The lowest BCUT2D eigenvalue weighted by atomic mass is 9.95. The highest BCUT2D eigenvalue weighted by Gasteiger charge is 2.49. The molecule has 1 N–H and O–H groups in total. The lowest BCUT2D eigenvalue weighted by molar-refractivity contribution is -0.135. The third-order valence-corrected chi connectivity index (χ3v) is 10.3. The van der Waals surface area contributed by atoms with E-state index in [0.29, 0.717) is 60.1 Å². The van der Waals surface area contributed by atoms with Gasteiger partial charge in [-0.2, -0.15) is 9.97 Å². The topological polar surface area (TPSA) is 92.7 Å². The van der Waals surface area contributed by atoms with E-state index >= 15 is 4.39 Å². The normalized spacial score (nSPS) is 25.4. The predicted octanol–water partition coefficient (Wildman–Crippen LogP) is 5.97. The highest BCUT2D eigenvalue weighted by molar-refractivity contribution is 6.00. The maximum Gasteiger partial charge on any atom is 0.319 e. The molecule has 4 aliphatic rings. The number of carbonyl (C=O) groups is 1. The number of carbonyl (C=O) groups excluding carboxylic acids is 1. The number of hydrogen-bond donors (Lipinski definition) is 1. The van der Waals surface area contributed by atoms with Gasteiger partial charge in [0.2, 0.25) is 0 Å². The molecule has 2 aromatic carbocycles. The van der Waals surface area contributed by atoms with Crippen LogP contribution in [-0.4, -0.2) is 82.4 Å². The molecule has 0 spiro atoms. The van der Waals surface area contributed by atoms with Crippen molar-refractivity contribution >= 4 is 33.5 Å². The van der Waals surface area contributed by atoms with Crippen LogP contribution in [0.25, 0.3) is 32.9 Å². The quantitative estimate of drug-likeness (QED) is 0.181. The van der Waals surface area contributed by atoms with Gasteiger partial charge in [0.15, 0.2) is 5.82 Å². The molecule has 4 fully saturated rings. The fourth-order valence-electron chi connectivity index (χ4n) is 8.20. The number of nitrogens with zero attached hydrogens (tertiary/aromatic N) is 5. The monoisotopic (exact) mass is 660 g/mol. The smallest absolute Gasteiger partial charge is 0.319 e. The largest absolute Gasteiger partial charge is 0.461 e. The van der Waals surface area contributed by atoms with Crippen LogP contribution in [0.3, 0.4) is 0 Å². The van der Waals surface area contributed by atoms with Crippen molar-refractivity contribution in [1.82, 2.24) is 25.2 Å². The van der Waals surface area contributed by atoms with Gasteiger partial charge in [0.1, 0.15) is 41.4 Å². The molecular weight excluding hydrogens is 621 g/mol. The molecule has 12 heteroatoms. The van der Waals surface area contributed by atoms with Crippen LogP contribution in [0.1, 0.15) is 52.4 Å². The summed E-state index contributed by atoms with van der Waals surface area (Å²) in [7, 11) is 0. The summed E-state index contributed by atoms with van der Waals surface area (Å²) >= 11 is 0. The van der Waals surface area contributed by atoms with Gasteiger partial charge in [-0.15, -0.1) is 0 Å². The Labute approximate surface area is 276 Å². The molecule has 6 heterocycles. The van der Waals surface area contributed by atoms with E-state index in [0.717, 1.165) is 32.2 Å². The second-order valence-corrected chi connectivity index (χ2v) is 14.3. The Morgan fingerprint density at radius 3 is 2.69 bits per heavy atom. The Balaban J connectivity index is 1.23. The van der Waals surface area contributed by atoms with Gasteiger partial charge in [0, 0.05) is 56.3 Å². The molecule has 2 unspecified atom stereocenters. The second kappa shape index (κ2) is 12.1. The first-order chi connectivity index (χ1) is 23.1. The van der Waals surface area contributed by atoms with Crippen molar-refractivity contribution in [1.29, 1.82) is 0 Å². The summed E-state index contributed by atoms with van der Waals surface area (Å²) in [6.45, 7) is 6.64. The second-order valence-electron chi connectivity index (χ2n) is 14.3. The first kappa shape index (κ1) is 31.3. The summed E-state index contributed by atoms with van der Waals surface area (Å²) < 4.78 is 57.9. The molecule has 4 saturated heterocycles. The molecule has 9 nitrogen and oxygen atoms in total. The van der Waals surface area contributed by atoms with Crippen molar-refractivity contribution in [2.75, 3.05) is 37.7 Å². The molecule has 0 amide bonds. The minimum Gasteiger partial charge on any atom is -0.461 e. The van der Waals surface area contributed by atoms with Gasteiger partial charge < -0.3 is 19.7 Å². The standard InChI is InChI=1S/C36H39F3N6O3/c1-20(2)10-30(46)48-26-11-21-4-5-22(37)12-27(21)28(13-26)32-31(39)33-29(15-40-32)34(44-17-24-6-7-25(18-44)41-24)43-35(42-33)47-19-36-8-3-9-45(36)16-23(38)14-36/h4-5,11-13,15,20,23-25,41H,3,6-10,14,16-19H2,1-2H3/t23-,24?,25?,36+/m1/s1. The summed E-state index contributed by atoms with van der Waals surface area (Å²) in [4.78, 5) is 30.9. The average molecular weight is 661 g/mol. The first-order valence-corrected chi connectivity index (χ1v) is 17.0. The van der Waals surface area contributed by atoms with E-state index in [4.69, 9.17) is 14.5 Å². The zero-order valence-electron chi connectivity index (χ0n) is 27.1. The van der Waals surface area contributed by atoms with Gasteiger partial charge in [0.25, 0.3) is 0 Å². The molecule has 8 rings (SSSR count). The number of halogens is 3. The maximum atomic E-state index is 16.9. The van der Waals surface area contributed by atoms with Gasteiger partial charge in [-0.1, -0.05) is 19.9 Å². The summed E-state index contributed by atoms with van der Waals surface area (Å²) in [5.74, 6) is -0.801. The van der Waals surface area contributed by atoms with Crippen molar-refractivity contribution in [3.63, 3.8) is 0 Å². The summed E-state index contributed by atoms with van der Waals surface area (Å²) in [6.07, 6.45) is 5.13. The van der Waals surface area contributed by atoms with Crippen LogP contribution in [0.4, 0.5) is 19.0 Å². The lowest BCUT2D eigenvalue weighted by Gasteiger charge is -2.34. The van der Waals surface area contributed by atoms with Crippen molar-refractivity contribution in [3.8, 4) is 23.0 Å². The zero-order valence-corrected chi connectivity index (χ0v) is 27.1. The summed E-state index contributed by atoms with van der Waals surface area (Å²) in [6, 6.07) is 7.96. The van der Waals surface area contributed by atoms with Crippen LogP contribution < -0.4 is 19.7 Å². The third-order valence-electron chi connectivity index (χ3n) is 10.3. The Morgan fingerprint density at radius 1 is 1.08 bits per heavy atom. The minimum absolute atomic E-state index is 0.0215. The summed E-state index contributed by atoms with van der Waals surface area (Å²) in [5.41, 5.74) is -0.201. The number of piperazine rings is 1. The van der Waals surface area contributed by atoms with E-state index < -0.39 is 29.3 Å². The molecule has 0 aliphatic carbocycles. The van der Waals surface area contributed by atoms with Gasteiger partial charge in [-0.3, -0.25) is 14.7 Å². The highest BCUT2D eigenvalue weighted by Crippen LogP contribution is 2.42. The molecular formula is C36H39F3N6O3. The van der Waals surface area contributed by atoms with E-state index in [1.54, 1.807) is 18.3 Å². The number of benzene rings is 2. The number of nitrogens with one attached hydrogen (secondary N) is 1. The molecule has 2 aromatic heterocycles. The number of fused-ring (bicyclic) bond motifs is 5. The van der Waals surface area contributed by atoms with Crippen molar-refractivity contribution in [2.24, 2.45) is 5.92 Å². The zero-order chi connectivity index (χ0) is 33.2. The number of ether oxygens (including phenoxy) is 2. The van der Waals surface area contributed by atoms with Gasteiger partial charge >= 0.3 is 12.0 Å². The molecule has 252 valence electrons. The van der Waals surface area contributed by atoms with Crippen LogP contribution in [0, 0.1) is 17.6 Å². The van der Waals surface area contributed by atoms with Crippen LogP contribution in [0.2, 0.25) is 0 Å². The Kier molecular flexibility index (Phi) is 7.90. The lowest BCUT2D eigenvalue weighted by Crippen LogP contribution is -2.51.